The van der Waals surface area contributed by atoms with Crippen molar-refractivity contribution < 1.29 is 4.79 Å². The Morgan fingerprint density at radius 1 is 1.30 bits per heavy atom. The molecule has 1 heterocycles. The number of benzene rings is 1. The van der Waals surface area contributed by atoms with Crippen molar-refractivity contribution in [3.63, 3.8) is 0 Å². The highest BCUT2D eigenvalue weighted by Gasteiger charge is 2.18. The zero-order valence-electron chi connectivity index (χ0n) is 14.0. The molecule has 0 spiro atoms. The average molecular weight is 335 g/mol. The lowest BCUT2D eigenvalue weighted by atomic mass is 10.1. The van der Waals surface area contributed by atoms with Crippen molar-refractivity contribution in [2.24, 2.45) is 0 Å². The molecule has 0 bridgehead atoms. The Hall–Kier alpha value is -1.85. The van der Waals surface area contributed by atoms with Crippen LogP contribution < -0.4 is 10.6 Å². The summed E-state index contributed by atoms with van der Waals surface area (Å²) in [4.78, 5) is 12.4. The highest BCUT2D eigenvalue weighted by Crippen LogP contribution is 2.16. The van der Waals surface area contributed by atoms with Gasteiger partial charge < -0.3 is 10.6 Å². The van der Waals surface area contributed by atoms with Crippen LogP contribution >= 0.6 is 11.6 Å². The first-order valence-electron chi connectivity index (χ1n) is 7.66. The zero-order valence-corrected chi connectivity index (χ0v) is 14.7. The Morgan fingerprint density at radius 3 is 2.57 bits per heavy atom. The van der Waals surface area contributed by atoms with Crippen molar-refractivity contribution in [1.82, 2.24) is 20.4 Å². The summed E-state index contributed by atoms with van der Waals surface area (Å²) in [6, 6.07) is 7.87. The molecule has 0 aliphatic rings. The first-order valence-corrected chi connectivity index (χ1v) is 8.04. The van der Waals surface area contributed by atoms with Gasteiger partial charge in [0, 0.05) is 23.3 Å². The van der Waals surface area contributed by atoms with Crippen molar-refractivity contribution in [2.75, 3.05) is 13.6 Å². The second-order valence-electron chi connectivity index (χ2n) is 5.73. The summed E-state index contributed by atoms with van der Waals surface area (Å²) < 4.78 is 1.86. The summed E-state index contributed by atoms with van der Waals surface area (Å²) in [7, 11) is 1.87. The molecule has 0 radical (unpaired) electrons. The largest absolute Gasteiger partial charge is 0.350 e. The second kappa shape index (κ2) is 7.62. The standard InChI is InChI=1S/C17H23ClN4O/c1-11(19-4)9-20-17(23)16-12(2)21-22(13(16)3)10-14-5-7-15(18)8-6-14/h5-8,11,19H,9-10H2,1-4H3,(H,20,23). The van der Waals surface area contributed by atoms with Crippen LogP contribution in [0, 0.1) is 13.8 Å². The molecule has 0 aliphatic carbocycles. The third-order valence-electron chi connectivity index (χ3n) is 3.92. The summed E-state index contributed by atoms with van der Waals surface area (Å²) in [6.07, 6.45) is 0. The molecular formula is C17H23ClN4O. The molecule has 0 fully saturated rings. The van der Waals surface area contributed by atoms with Crippen LogP contribution in [0.2, 0.25) is 5.02 Å². The molecule has 2 rings (SSSR count). The molecule has 1 aromatic heterocycles. The number of nitrogens with zero attached hydrogens (tertiary/aromatic N) is 2. The van der Waals surface area contributed by atoms with E-state index in [1.54, 1.807) is 0 Å². The number of hydrogen-bond donors (Lipinski definition) is 2. The van der Waals surface area contributed by atoms with Crippen LogP contribution in [-0.4, -0.2) is 35.3 Å². The third-order valence-corrected chi connectivity index (χ3v) is 4.17. The molecule has 124 valence electrons. The number of hydrogen-bond acceptors (Lipinski definition) is 3. The monoisotopic (exact) mass is 334 g/mol. The molecule has 0 saturated carbocycles. The molecule has 2 N–H and O–H groups in total. The topological polar surface area (TPSA) is 58.9 Å². The third kappa shape index (κ3) is 4.33. The van der Waals surface area contributed by atoms with Gasteiger partial charge in [0.2, 0.25) is 0 Å². The number of carbonyl (C=O) groups excluding carboxylic acids is 1. The normalized spacial score (nSPS) is 12.2. The highest BCUT2D eigenvalue weighted by molar-refractivity contribution is 6.30. The van der Waals surface area contributed by atoms with E-state index in [1.165, 1.54) is 0 Å². The predicted molar refractivity (Wildman–Crippen MR) is 93.1 cm³/mol. The number of aromatic nitrogens is 2. The number of rotatable bonds is 6. The molecule has 1 aromatic carbocycles. The maximum atomic E-state index is 12.4. The first kappa shape index (κ1) is 17.5. The van der Waals surface area contributed by atoms with E-state index in [9.17, 15) is 4.79 Å². The highest BCUT2D eigenvalue weighted by atomic mass is 35.5. The summed E-state index contributed by atoms with van der Waals surface area (Å²) in [6.45, 7) is 7.00. The number of nitrogens with one attached hydrogen (secondary N) is 2. The fraction of sp³-hybridized carbons (Fsp3) is 0.412. The van der Waals surface area contributed by atoms with E-state index in [2.05, 4.69) is 15.7 Å². The van der Waals surface area contributed by atoms with Gasteiger partial charge in [0.15, 0.2) is 0 Å². The van der Waals surface area contributed by atoms with Gasteiger partial charge in [-0.1, -0.05) is 23.7 Å². The lowest BCUT2D eigenvalue weighted by Crippen LogP contribution is -2.37. The summed E-state index contributed by atoms with van der Waals surface area (Å²) in [5, 5.41) is 11.3. The smallest absolute Gasteiger partial charge is 0.255 e. The Kier molecular flexibility index (Phi) is 5.80. The van der Waals surface area contributed by atoms with Gasteiger partial charge in [-0.05, 0) is 45.5 Å². The van der Waals surface area contributed by atoms with Gasteiger partial charge in [-0.15, -0.1) is 0 Å². The van der Waals surface area contributed by atoms with E-state index in [-0.39, 0.29) is 11.9 Å². The summed E-state index contributed by atoms with van der Waals surface area (Å²) in [5.74, 6) is -0.0792. The zero-order chi connectivity index (χ0) is 17.0. The van der Waals surface area contributed by atoms with Crippen molar-refractivity contribution in [3.8, 4) is 0 Å². The van der Waals surface area contributed by atoms with Crippen LogP contribution in [0.1, 0.15) is 34.2 Å². The second-order valence-corrected chi connectivity index (χ2v) is 6.17. The lowest BCUT2D eigenvalue weighted by molar-refractivity contribution is 0.0949. The van der Waals surface area contributed by atoms with Crippen molar-refractivity contribution in [3.05, 3.63) is 51.8 Å². The van der Waals surface area contributed by atoms with Gasteiger partial charge >= 0.3 is 0 Å². The van der Waals surface area contributed by atoms with Crippen LogP contribution in [0.4, 0.5) is 0 Å². The molecule has 2 aromatic rings. The molecule has 1 amide bonds. The Morgan fingerprint density at radius 2 is 1.96 bits per heavy atom. The van der Waals surface area contributed by atoms with E-state index in [4.69, 9.17) is 11.6 Å². The SMILES string of the molecule is CNC(C)CNC(=O)c1c(C)nn(Cc2ccc(Cl)cc2)c1C. The van der Waals surface area contributed by atoms with Crippen LogP contribution in [0.15, 0.2) is 24.3 Å². The van der Waals surface area contributed by atoms with Gasteiger partial charge in [0.05, 0.1) is 17.8 Å². The van der Waals surface area contributed by atoms with Crippen molar-refractivity contribution in [2.45, 2.75) is 33.4 Å². The van der Waals surface area contributed by atoms with Crippen LogP contribution in [-0.2, 0) is 6.54 Å². The molecular weight excluding hydrogens is 312 g/mol. The van der Waals surface area contributed by atoms with Crippen LogP contribution in [0.25, 0.3) is 0 Å². The molecule has 6 heteroatoms. The first-order chi connectivity index (χ1) is 10.9. The molecule has 1 atom stereocenters. The minimum absolute atomic E-state index is 0.0792. The average Bonchev–Trinajstić information content (AvgIpc) is 2.81. The molecule has 23 heavy (non-hydrogen) atoms. The fourth-order valence-electron chi connectivity index (χ4n) is 2.38. The molecule has 5 nitrogen and oxygen atoms in total. The summed E-state index contributed by atoms with van der Waals surface area (Å²) >= 11 is 5.91. The number of aryl methyl sites for hydroxylation is 1. The number of amides is 1. The van der Waals surface area contributed by atoms with Crippen molar-refractivity contribution in [1.29, 1.82) is 0 Å². The van der Waals surface area contributed by atoms with Gasteiger partial charge in [0.25, 0.3) is 5.91 Å². The molecule has 1 unspecified atom stereocenters. The number of halogens is 1. The maximum absolute atomic E-state index is 12.4. The van der Waals surface area contributed by atoms with Gasteiger partial charge in [-0.3, -0.25) is 9.48 Å². The fourth-order valence-corrected chi connectivity index (χ4v) is 2.50. The van der Waals surface area contributed by atoms with Crippen LogP contribution in [0.3, 0.4) is 0 Å². The molecule has 0 saturated heterocycles. The van der Waals surface area contributed by atoms with E-state index in [0.717, 1.165) is 17.0 Å². The van der Waals surface area contributed by atoms with Gasteiger partial charge in [0.1, 0.15) is 0 Å². The van der Waals surface area contributed by atoms with E-state index >= 15 is 0 Å². The molecule has 0 aliphatic heterocycles. The van der Waals surface area contributed by atoms with Crippen molar-refractivity contribution >= 4 is 17.5 Å². The Labute approximate surface area is 142 Å². The number of carbonyl (C=O) groups is 1. The van der Waals surface area contributed by atoms with Gasteiger partial charge in [-0.2, -0.15) is 5.10 Å². The Bertz CT molecular complexity index is 679. The Balaban J connectivity index is 2.15. The van der Waals surface area contributed by atoms with Gasteiger partial charge in [-0.25, -0.2) is 0 Å². The quantitative estimate of drug-likeness (QED) is 0.853. The number of likely N-dealkylation sites (N-methyl/N-ethyl adjacent to an activating group) is 1. The minimum Gasteiger partial charge on any atom is -0.350 e. The predicted octanol–water partition coefficient (Wildman–Crippen LogP) is 2.54. The van der Waals surface area contributed by atoms with E-state index < -0.39 is 0 Å². The lowest BCUT2D eigenvalue weighted by Gasteiger charge is -2.11. The summed E-state index contributed by atoms with van der Waals surface area (Å²) in [5.41, 5.74) is 3.36. The maximum Gasteiger partial charge on any atom is 0.255 e. The van der Waals surface area contributed by atoms with Crippen LogP contribution in [0.5, 0.6) is 0 Å². The minimum atomic E-state index is -0.0792. The van der Waals surface area contributed by atoms with E-state index in [0.29, 0.717) is 23.7 Å². The van der Waals surface area contributed by atoms with E-state index in [1.807, 2.05) is 56.8 Å².